The number of benzene rings is 1. The molecule has 1 heterocycles. The van der Waals surface area contributed by atoms with Crippen molar-refractivity contribution in [2.24, 2.45) is 5.73 Å². The van der Waals surface area contributed by atoms with Crippen LogP contribution in [0.25, 0.3) is 0 Å². The van der Waals surface area contributed by atoms with Crippen molar-refractivity contribution in [1.82, 2.24) is 4.90 Å². The quantitative estimate of drug-likeness (QED) is 0.923. The first-order chi connectivity index (χ1) is 9.15. The predicted molar refractivity (Wildman–Crippen MR) is 75.4 cm³/mol. The molecule has 2 rings (SSSR count). The topological polar surface area (TPSA) is 55.6 Å². The highest BCUT2D eigenvalue weighted by Gasteiger charge is 2.18. The standard InChI is InChI=1S/C14H19ClN2O2/c15-11-3-1-5-13(9-11)19-10-14(18)17-7-2-4-12(16)6-8-17/h1,3,5,9,12H,2,4,6-8,10,16H2/t12-/m0/s1. The van der Waals surface area contributed by atoms with Gasteiger partial charge in [0.15, 0.2) is 6.61 Å². The summed E-state index contributed by atoms with van der Waals surface area (Å²) in [6.45, 7) is 1.54. The Kier molecular flexibility index (Phi) is 5.05. The van der Waals surface area contributed by atoms with Crippen LogP contribution in [-0.2, 0) is 4.79 Å². The zero-order chi connectivity index (χ0) is 13.7. The Labute approximate surface area is 118 Å². The van der Waals surface area contributed by atoms with Gasteiger partial charge < -0.3 is 15.4 Å². The maximum atomic E-state index is 12.0. The number of rotatable bonds is 3. The molecule has 1 fully saturated rings. The molecule has 1 aliphatic heterocycles. The number of likely N-dealkylation sites (tertiary alicyclic amines) is 1. The number of nitrogens with zero attached hydrogens (tertiary/aromatic N) is 1. The fraction of sp³-hybridized carbons (Fsp3) is 0.500. The van der Waals surface area contributed by atoms with E-state index in [2.05, 4.69) is 0 Å². The molecule has 0 bridgehead atoms. The summed E-state index contributed by atoms with van der Waals surface area (Å²) in [4.78, 5) is 13.9. The van der Waals surface area contributed by atoms with E-state index in [4.69, 9.17) is 22.1 Å². The second-order valence-corrected chi connectivity index (χ2v) is 5.25. The van der Waals surface area contributed by atoms with Crippen molar-refractivity contribution in [3.8, 4) is 5.75 Å². The van der Waals surface area contributed by atoms with Gasteiger partial charge in [0.2, 0.25) is 0 Å². The summed E-state index contributed by atoms with van der Waals surface area (Å²) in [5.74, 6) is 0.626. The number of halogens is 1. The number of carbonyl (C=O) groups is 1. The average Bonchev–Trinajstić information content (AvgIpc) is 2.61. The van der Waals surface area contributed by atoms with E-state index in [-0.39, 0.29) is 18.6 Å². The Bertz CT molecular complexity index is 439. The first kappa shape index (κ1) is 14.2. The Morgan fingerprint density at radius 3 is 3.05 bits per heavy atom. The van der Waals surface area contributed by atoms with Crippen LogP contribution in [-0.4, -0.2) is 36.5 Å². The van der Waals surface area contributed by atoms with E-state index in [9.17, 15) is 4.79 Å². The maximum absolute atomic E-state index is 12.0. The molecule has 1 amide bonds. The van der Waals surface area contributed by atoms with Crippen LogP contribution < -0.4 is 10.5 Å². The molecule has 0 radical (unpaired) electrons. The van der Waals surface area contributed by atoms with Crippen molar-refractivity contribution in [3.63, 3.8) is 0 Å². The first-order valence-electron chi connectivity index (χ1n) is 6.57. The van der Waals surface area contributed by atoms with Crippen LogP contribution in [0.5, 0.6) is 5.75 Å². The van der Waals surface area contributed by atoms with E-state index in [1.807, 2.05) is 4.90 Å². The summed E-state index contributed by atoms with van der Waals surface area (Å²) in [5, 5.41) is 0.602. The SMILES string of the molecule is N[C@H]1CCCN(C(=O)COc2cccc(Cl)c2)CC1. The first-order valence-corrected chi connectivity index (χ1v) is 6.94. The molecule has 4 nitrogen and oxygen atoms in total. The van der Waals surface area contributed by atoms with Crippen molar-refractivity contribution in [1.29, 1.82) is 0 Å². The van der Waals surface area contributed by atoms with Gasteiger partial charge in [-0.15, -0.1) is 0 Å². The van der Waals surface area contributed by atoms with E-state index >= 15 is 0 Å². The summed E-state index contributed by atoms with van der Waals surface area (Å²) < 4.78 is 5.46. The van der Waals surface area contributed by atoms with Gasteiger partial charge in [-0.05, 0) is 37.5 Å². The third-order valence-electron chi connectivity index (χ3n) is 3.28. The minimum absolute atomic E-state index is 0.00840. The minimum atomic E-state index is 0.00840. The van der Waals surface area contributed by atoms with Crippen molar-refractivity contribution < 1.29 is 9.53 Å². The Morgan fingerprint density at radius 1 is 1.42 bits per heavy atom. The van der Waals surface area contributed by atoms with Crippen LogP contribution in [0, 0.1) is 0 Å². The number of hydrogen-bond acceptors (Lipinski definition) is 3. The van der Waals surface area contributed by atoms with Gasteiger partial charge in [0, 0.05) is 24.2 Å². The molecule has 5 heteroatoms. The smallest absolute Gasteiger partial charge is 0.260 e. The van der Waals surface area contributed by atoms with Gasteiger partial charge in [-0.25, -0.2) is 0 Å². The van der Waals surface area contributed by atoms with Crippen molar-refractivity contribution in [2.75, 3.05) is 19.7 Å². The molecular formula is C14H19ClN2O2. The lowest BCUT2D eigenvalue weighted by atomic mass is 10.1. The normalized spacial score (nSPS) is 19.9. The third-order valence-corrected chi connectivity index (χ3v) is 3.52. The molecular weight excluding hydrogens is 264 g/mol. The molecule has 0 spiro atoms. The largest absolute Gasteiger partial charge is 0.484 e. The second-order valence-electron chi connectivity index (χ2n) is 4.82. The molecule has 0 aromatic heterocycles. The highest BCUT2D eigenvalue weighted by Crippen LogP contribution is 2.17. The zero-order valence-corrected chi connectivity index (χ0v) is 11.6. The van der Waals surface area contributed by atoms with E-state index < -0.39 is 0 Å². The number of carbonyl (C=O) groups excluding carboxylic acids is 1. The molecule has 1 aliphatic rings. The van der Waals surface area contributed by atoms with Gasteiger partial charge in [-0.1, -0.05) is 17.7 Å². The highest BCUT2D eigenvalue weighted by atomic mass is 35.5. The van der Waals surface area contributed by atoms with Crippen LogP contribution >= 0.6 is 11.6 Å². The number of hydrogen-bond donors (Lipinski definition) is 1. The Morgan fingerprint density at radius 2 is 2.26 bits per heavy atom. The molecule has 1 aromatic carbocycles. The van der Waals surface area contributed by atoms with Gasteiger partial charge in [-0.2, -0.15) is 0 Å². The van der Waals surface area contributed by atoms with E-state index in [1.165, 1.54) is 0 Å². The fourth-order valence-electron chi connectivity index (χ4n) is 2.16. The van der Waals surface area contributed by atoms with Gasteiger partial charge in [0.1, 0.15) is 5.75 Å². The monoisotopic (exact) mass is 282 g/mol. The average molecular weight is 283 g/mol. The minimum Gasteiger partial charge on any atom is -0.484 e. The second kappa shape index (κ2) is 6.78. The lowest BCUT2D eigenvalue weighted by Crippen LogP contribution is -2.36. The molecule has 1 aromatic rings. The van der Waals surface area contributed by atoms with Crippen molar-refractivity contribution >= 4 is 17.5 Å². The molecule has 0 saturated carbocycles. The lowest BCUT2D eigenvalue weighted by molar-refractivity contribution is -0.133. The molecule has 0 unspecified atom stereocenters. The van der Waals surface area contributed by atoms with E-state index in [0.29, 0.717) is 10.8 Å². The van der Waals surface area contributed by atoms with Crippen LogP contribution in [0.15, 0.2) is 24.3 Å². The van der Waals surface area contributed by atoms with Crippen LogP contribution in [0.4, 0.5) is 0 Å². The van der Waals surface area contributed by atoms with Crippen molar-refractivity contribution in [3.05, 3.63) is 29.3 Å². The Hall–Kier alpha value is -1.26. The fourth-order valence-corrected chi connectivity index (χ4v) is 2.34. The molecule has 104 valence electrons. The summed E-state index contributed by atoms with van der Waals surface area (Å²) in [6.07, 6.45) is 2.81. The van der Waals surface area contributed by atoms with Gasteiger partial charge in [-0.3, -0.25) is 4.79 Å². The summed E-state index contributed by atoms with van der Waals surface area (Å²) in [6, 6.07) is 7.27. The number of ether oxygens (including phenoxy) is 1. The maximum Gasteiger partial charge on any atom is 0.260 e. The molecule has 1 saturated heterocycles. The third kappa shape index (κ3) is 4.40. The zero-order valence-electron chi connectivity index (χ0n) is 10.8. The highest BCUT2D eigenvalue weighted by molar-refractivity contribution is 6.30. The lowest BCUT2D eigenvalue weighted by Gasteiger charge is -2.20. The van der Waals surface area contributed by atoms with Crippen LogP contribution in [0.2, 0.25) is 5.02 Å². The number of nitrogens with two attached hydrogens (primary N) is 1. The number of amides is 1. The van der Waals surface area contributed by atoms with Crippen LogP contribution in [0.3, 0.4) is 0 Å². The van der Waals surface area contributed by atoms with E-state index in [0.717, 1.165) is 32.4 Å². The molecule has 2 N–H and O–H groups in total. The van der Waals surface area contributed by atoms with E-state index in [1.54, 1.807) is 24.3 Å². The summed E-state index contributed by atoms with van der Waals surface area (Å²) >= 11 is 5.86. The van der Waals surface area contributed by atoms with Gasteiger partial charge >= 0.3 is 0 Å². The van der Waals surface area contributed by atoms with Gasteiger partial charge in [0.05, 0.1) is 0 Å². The van der Waals surface area contributed by atoms with Crippen molar-refractivity contribution in [2.45, 2.75) is 25.3 Å². The molecule has 1 atom stereocenters. The summed E-state index contributed by atoms with van der Waals surface area (Å²) in [7, 11) is 0. The Balaban J connectivity index is 1.83. The van der Waals surface area contributed by atoms with Crippen LogP contribution in [0.1, 0.15) is 19.3 Å². The van der Waals surface area contributed by atoms with Gasteiger partial charge in [0.25, 0.3) is 5.91 Å². The predicted octanol–water partition coefficient (Wildman–Crippen LogP) is 2.06. The molecule has 0 aliphatic carbocycles. The summed E-state index contributed by atoms with van der Waals surface area (Å²) in [5.41, 5.74) is 5.89. The molecule has 19 heavy (non-hydrogen) atoms.